The van der Waals surface area contributed by atoms with Gasteiger partial charge in [0.2, 0.25) is 0 Å². The molecule has 17 heavy (non-hydrogen) atoms. The van der Waals surface area contributed by atoms with E-state index in [0.717, 1.165) is 17.3 Å². The summed E-state index contributed by atoms with van der Waals surface area (Å²) < 4.78 is 0. The molecule has 1 aliphatic heterocycles. The van der Waals surface area contributed by atoms with Gasteiger partial charge in [-0.15, -0.1) is 11.8 Å². The van der Waals surface area contributed by atoms with Crippen LogP contribution in [-0.2, 0) is 6.42 Å². The molecule has 0 amide bonds. The van der Waals surface area contributed by atoms with Crippen LogP contribution in [0, 0.1) is 0 Å². The van der Waals surface area contributed by atoms with Gasteiger partial charge in [0, 0.05) is 23.5 Å². The van der Waals surface area contributed by atoms with Crippen molar-refractivity contribution in [3.8, 4) is 0 Å². The number of aromatic nitrogens is 2. The number of thioether (sulfide) groups is 2. The van der Waals surface area contributed by atoms with Crippen LogP contribution in [0.5, 0.6) is 0 Å². The smallest absolute Gasteiger partial charge is 0.339 e. The lowest BCUT2D eigenvalue weighted by molar-refractivity contribution is 0.0694. The predicted octanol–water partition coefficient (Wildman–Crippen LogP) is 2.26. The van der Waals surface area contributed by atoms with Crippen LogP contribution in [0.4, 0.5) is 0 Å². The molecule has 1 unspecified atom stereocenters. The third-order valence-corrected chi connectivity index (χ3v) is 5.31. The molecule has 0 aliphatic carbocycles. The Hall–Kier alpha value is -0.750. The topological polar surface area (TPSA) is 63.1 Å². The highest BCUT2D eigenvalue weighted by Crippen LogP contribution is 2.35. The van der Waals surface area contributed by atoms with Gasteiger partial charge in [-0.2, -0.15) is 11.8 Å². The fourth-order valence-corrected chi connectivity index (χ4v) is 4.28. The number of rotatable bonds is 3. The Kier molecular flexibility index (Phi) is 4.28. The molecule has 0 spiro atoms. The first-order valence-electron chi connectivity index (χ1n) is 5.50. The summed E-state index contributed by atoms with van der Waals surface area (Å²) >= 11 is 3.76. The molecule has 0 radical (unpaired) electrons. The number of carboxylic acid groups (broad SMARTS) is 1. The maximum absolute atomic E-state index is 11.0. The van der Waals surface area contributed by atoms with Crippen LogP contribution < -0.4 is 0 Å². The van der Waals surface area contributed by atoms with E-state index < -0.39 is 5.97 Å². The number of carbonyl (C=O) groups is 1. The van der Waals surface area contributed by atoms with Gasteiger partial charge in [0.15, 0.2) is 0 Å². The number of hydrogen-bond donors (Lipinski definition) is 1. The molecule has 92 valence electrons. The van der Waals surface area contributed by atoms with Crippen molar-refractivity contribution in [2.24, 2.45) is 0 Å². The first kappa shape index (κ1) is 12.7. The Morgan fingerprint density at radius 2 is 2.41 bits per heavy atom. The Morgan fingerprint density at radius 1 is 1.59 bits per heavy atom. The number of aromatic carboxylic acids is 1. The monoisotopic (exact) mass is 270 g/mol. The third kappa shape index (κ3) is 2.93. The zero-order valence-electron chi connectivity index (χ0n) is 9.55. The molecular formula is C11H14N2O2S2. The molecule has 1 saturated heterocycles. The molecule has 0 bridgehead atoms. The van der Waals surface area contributed by atoms with E-state index >= 15 is 0 Å². The van der Waals surface area contributed by atoms with E-state index in [1.54, 1.807) is 0 Å². The quantitative estimate of drug-likeness (QED) is 0.909. The van der Waals surface area contributed by atoms with E-state index in [0.29, 0.717) is 17.4 Å². The standard InChI is InChI=1S/C11H14N2O2S2/c1-2-8-7(11(14)15)5-12-10(13-8)9-6-16-3-4-17-9/h5,9H,2-4,6H2,1H3,(H,14,15). The van der Waals surface area contributed by atoms with Crippen LogP contribution in [0.25, 0.3) is 0 Å². The van der Waals surface area contributed by atoms with E-state index in [1.165, 1.54) is 11.9 Å². The lowest BCUT2D eigenvalue weighted by Crippen LogP contribution is -2.14. The molecule has 4 nitrogen and oxygen atoms in total. The van der Waals surface area contributed by atoms with E-state index in [1.807, 2.05) is 30.4 Å². The van der Waals surface area contributed by atoms with E-state index in [2.05, 4.69) is 9.97 Å². The van der Waals surface area contributed by atoms with E-state index in [-0.39, 0.29) is 5.56 Å². The fraction of sp³-hybridized carbons (Fsp3) is 0.545. The van der Waals surface area contributed by atoms with Crippen molar-refractivity contribution in [3.05, 3.63) is 23.3 Å². The average molecular weight is 270 g/mol. The second-order valence-corrected chi connectivity index (χ2v) is 6.14. The van der Waals surface area contributed by atoms with Crippen LogP contribution in [-0.4, -0.2) is 38.3 Å². The Labute approximate surface area is 109 Å². The summed E-state index contributed by atoms with van der Waals surface area (Å²) in [7, 11) is 0. The summed E-state index contributed by atoms with van der Waals surface area (Å²) in [6.07, 6.45) is 2.07. The maximum atomic E-state index is 11.0. The number of hydrogen-bond acceptors (Lipinski definition) is 5. The van der Waals surface area contributed by atoms with Crippen LogP contribution in [0.3, 0.4) is 0 Å². The molecule has 0 saturated carbocycles. The van der Waals surface area contributed by atoms with Crippen LogP contribution >= 0.6 is 23.5 Å². The van der Waals surface area contributed by atoms with Crippen molar-refractivity contribution >= 4 is 29.5 Å². The highest BCUT2D eigenvalue weighted by atomic mass is 32.2. The van der Waals surface area contributed by atoms with Crippen LogP contribution in [0.1, 0.15) is 34.0 Å². The molecule has 1 fully saturated rings. The second-order valence-electron chi connectivity index (χ2n) is 3.68. The molecule has 6 heteroatoms. The molecule has 1 N–H and O–H groups in total. The second kappa shape index (κ2) is 5.73. The Balaban J connectivity index is 2.27. The molecular weight excluding hydrogens is 256 g/mol. The molecule has 1 aromatic rings. The molecule has 1 aromatic heterocycles. The summed E-state index contributed by atoms with van der Waals surface area (Å²) in [5.74, 6) is 3.14. The van der Waals surface area contributed by atoms with Gasteiger partial charge in [-0.1, -0.05) is 6.92 Å². The van der Waals surface area contributed by atoms with Crippen molar-refractivity contribution < 1.29 is 9.90 Å². The highest BCUT2D eigenvalue weighted by Gasteiger charge is 2.21. The summed E-state index contributed by atoms with van der Waals surface area (Å²) in [4.78, 5) is 19.6. The van der Waals surface area contributed by atoms with Gasteiger partial charge in [0.1, 0.15) is 5.82 Å². The normalized spacial score (nSPS) is 20.2. The van der Waals surface area contributed by atoms with E-state index in [4.69, 9.17) is 5.11 Å². The van der Waals surface area contributed by atoms with Gasteiger partial charge >= 0.3 is 5.97 Å². The van der Waals surface area contributed by atoms with Gasteiger partial charge in [-0.05, 0) is 6.42 Å². The average Bonchev–Trinajstić information content (AvgIpc) is 2.39. The van der Waals surface area contributed by atoms with Gasteiger partial charge in [-0.3, -0.25) is 0 Å². The van der Waals surface area contributed by atoms with Gasteiger partial charge in [0.25, 0.3) is 0 Å². The largest absolute Gasteiger partial charge is 0.478 e. The Morgan fingerprint density at radius 3 is 3.00 bits per heavy atom. The number of nitrogens with zero attached hydrogens (tertiary/aromatic N) is 2. The predicted molar refractivity (Wildman–Crippen MR) is 70.9 cm³/mol. The maximum Gasteiger partial charge on any atom is 0.339 e. The van der Waals surface area contributed by atoms with E-state index in [9.17, 15) is 4.79 Å². The molecule has 1 atom stereocenters. The minimum atomic E-state index is -0.945. The fourth-order valence-electron chi connectivity index (χ4n) is 1.67. The summed E-state index contributed by atoms with van der Waals surface area (Å²) in [6.45, 7) is 1.92. The van der Waals surface area contributed by atoms with Crippen molar-refractivity contribution in [1.29, 1.82) is 0 Å². The molecule has 2 heterocycles. The lowest BCUT2D eigenvalue weighted by atomic mass is 10.2. The zero-order chi connectivity index (χ0) is 12.3. The van der Waals surface area contributed by atoms with Crippen molar-refractivity contribution in [2.75, 3.05) is 17.3 Å². The zero-order valence-corrected chi connectivity index (χ0v) is 11.2. The summed E-state index contributed by atoms with van der Waals surface area (Å²) in [5, 5.41) is 9.32. The molecule has 1 aliphatic rings. The lowest BCUT2D eigenvalue weighted by Gasteiger charge is -2.20. The summed E-state index contributed by atoms with van der Waals surface area (Å²) in [6, 6.07) is 0. The van der Waals surface area contributed by atoms with Crippen molar-refractivity contribution in [1.82, 2.24) is 9.97 Å². The highest BCUT2D eigenvalue weighted by molar-refractivity contribution is 8.06. The van der Waals surface area contributed by atoms with Crippen LogP contribution in [0.2, 0.25) is 0 Å². The number of aryl methyl sites for hydroxylation is 1. The first-order chi connectivity index (χ1) is 8.22. The third-order valence-electron chi connectivity index (χ3n) is 2.56. The first-order valence-corrected chi connectivity index (χ1v) is 7.71. The van der Waals surface area contributed by atoms with Crippen molar-refractivity contribution in [2.45, 2.75) is 18.6 Å². The van der Waals surface area contributed by atoms with Crippen LogP contribution in [0.15, 0.2) is 6.20 Å². The Bertz CT molecular complexity index is 420. The number of carboxylic acids is 1. The van der Waals surface area contributed by atoms with Gasteiger partial charge < -0.3 is 5.11 Å². The van der Waals surface area contributed by atoms with Gasteiger partial charge in [-0.25, -0.2) is 14.8 Å². The SMILES string of the molecule is CCc1nc(C2CSCCS2)ncc1C(=O)O. The molecule has 0 aromatic carbocycles. The minimum Gasteiger partial charge on any atom is -0.478 e. The summed E-state index contributed by atoms with van der Waals surface area (Å²) in [5.41, 5.74) is 0.864. The van der Waals surface area contributed by atoms with Gasteiger partial charge in [0.05, 0.1) is 16.5 Å². The van der Waals surface area contributed by atoms with Crippen molar-refractivity contribution in [3.63, 3.8) is 0 Å². The minimum absolute atomic E-state index is 0.227. The molecule has 2 rings (SSSR count).